The van der Waals surface area contributed by atoms with Crippen LogP contribution in [-0.4, -0.2) is 37.9 Å². The largest absolute Gasteiger partial charge is 0.365 e. The summed E-state index contributed by atoms with van der Waals surface area (Å²) >= 11 is 6.08. The molecule has 2 unspecified atom stereocenters. The maximum Gasteiger partial charge on any atom is 0.223 e. The van der Waals surface area contributed by atoms with Crippen LogP contribution in [0.5, 0.6) is 0 Å². The van der Waals surface area contributed by atoms with E-state index in [-0.39, 0.29) is 29.7 Å². The van der Waals surface area contributed by atoms with Crippen molar-refractivity contribution in [2.45, 2.75) is 51.1 Å². The molecule has 2 aliphatic rings. The number of aromatic nitrogens is 4. The number of pyridine rings is 1. The lowest BCUT2D eigenvalue weighted by atomic mass is 9.90. The molecular formula is C22H24ClFN6O. The Bertz CT molecular complexity index is 1130. The fourth-order valence-electron chi connectivity index (χ4n) is 4.40. The van der Waals surface area contributed by atoms with Gasteiger partial charge in [0.05, 0.1) is 11.2 Å². The van der Waals surface area contributed by atoms with Crippen LogP contribution >= 0.6 is 11.6 Å². The van der Waals surface area contributed by atoms with E-state index in [2.05, 4.69) is 37.5 Å². The molecule has 162 valence electrons. The van der Waals surface area contributed by atoms with Crippen LogP contribution in [0.15, 0.2) is 24.7 Å². The van der Waals surface area contributed by atoms with E-state index in [4.69, 9.17) is 11.6 Å². The number of hydrogen-bond donors (Lipinski definition) is 3. The van der Waals surface area contributed by atoms with Crippen LogP contribution in [0.2, 0.25) is 5.02 Å². The van der Waals surface area contributed by atoms with Gasteiger partial charge in [-0.3, -0.25) is 4.79 Å². The lowest BCUT2D eigenvalue weighted by Gasteiger charge is -2.30. The van der Waals surface area contributed by atoms with Gasteiger partial charge in [0, 0.05) is 41.3 Å². The van der Waals surface area contributed by atoms with Crippen LogP contribution in [-0.2, 0) is 4.79 Å². The molecule has 2 fully saturated rings. The Balaban J connectivity index is 1.32. The molecule has 0 spiro atoms. The molecule has 3 aromatic rings. The summed E-state index contributed by atoms with van der Waals surface area (Å²) in [6.07, 6.45) is 9.03. The zero-order chi connectivity index (χ0) is 21.5. The number of nitrogens with zero attached hydrogens (tertiary/aromatic N) is 3. The number of carbonyl (C=O) groups is 1. The normalized spacial score (nSPS) is 25.4. The van der Waals surface area contributed by atoms with Crippen molar-refractivity contribution >= 4 is 34.4 Å². The van der Waals surface area contributed by atoms with Crippen LogP contribution in [0.1, 0.15) is 39.0 Å². The summed E-state index contributed by atoms with van der Waals surface area (Å²) in [7, 11) is 0. The third-order valence-electron chi connectivity index (χ3n) is 6.29. The van der Waals surface area contributed by atoms with Gasteiger partial charge in [0.1, 0.15) is 5.65 Å². The molecule has 2 saturated carbocycles. The van der Waals surface area contributed by atoms with Gasteiger partial charge in [0.15, 0.2) is 17.5 Å². The van der Waals surface area contributed by atoms with Gasteiger partial charge in [-0.25, -0.2) is 19.3 Å². The summed E-state index contributed by atoms with van der Waals surface area (Å²) in [5.74, 6) is 0.859. The second kappa shape index (κ2) is 8.07. The molecule has 4 atom stereocenters. The van der Waals surface area contributed by atoms with Crippen molar-refractivity contribution < 1.29 is 9.18 Å². The van der Waals surface area contributed by atoms with E-state index < -0.39 is 5.82 Å². The summed E-state index contributed by atoms with van der Waals surface area (Å²) < 4.78 is 14.5. The van der Waals surface area contributed by atoms with Crippen molar-refractivity contribution in [2.24, 2.45) is 11.8 Å². The fourth-order valence-corrected chi connectivity index (χ4v) is 4.56. The van der Waals surface area contributed by atoms with E-state index in [9.17, 15) is 9.18 Å². The summed E-state index contributed by atoms with van der Waals surface area (Å²) in [5.41, 5.74) is 1.37. The van der Waals surface area contributed by atoms with Gasteiger partial charge in [-0.05, 0) is 44.1 Å². The van der Waals surface area contributed by atoms with Crippen molar-refractivity contribution in [3.05, 3.63) is 35.5 Å². The first-order valence-corrected chi connectivity index (χ1v) is 11.1. The Morgan fingerprint density at radius 1 is 1.23 bits per heavy atom. The average molecular weight is 443 g/mol. The maximum atomic E-state index is 14.5. The molecule has 1 amide bonds. The number of aromatic amines is 1. The van der Waals surface area contributed by atoms with Crippen molar-refractivity contribution in [1.29, 1.82) is 0 Å². The zero-order valence-electron chi connectivity index (χ0n) is 17.2. The van der Waals surface area contributed by atoms with Gasteiger partial charge in [-0.1, -0.05) is 18.5 Å². The van der Waals surface area contributed by atoms with E-state index in [0.29, 0.717) is 28.0 Å². The first-order valence-electron chi connectivity index (χ1n) is 10.7. The summed E-state index contributed by atoms with van der Waals surface area (Å²) in [6, 6.07) is 1.93. The number of rotatable bonds is 5. The lowest BCUT2D eigenvalue weighted by Crippen LogP contribution is -2.42. The number of carbonyl (C=O) groups excluding carboxylic acids is 1. The third kappa shape index (κ3) is 4.21. The van der Waals surface area contributed by atoms with E-state index in [1.165, 1.54) is 6.20 Å². The zero-order valence-corrected chi connectivity index (χ0v) is 17.9. The highest BCUT2D eigenvalue weighted by molar-refractivity contribution is 6.31. The Kier molecular flexibility index (Phi) is 5.25. The molecule has 3 heterocycles. The number of H-pyrrole nitrogens is 1. The minimum atomic E-state index is -0.502. The Morgan fingerprint density at radius 3 is 2.84 bits per heavy atom. The summed E-state index contributed by atoms with van der Waals surface area (Å²) in [4.78, 5) is 28.2. The first-order chi connectivity index (χ1) is 15.0. The van der Waals surface area contributed by atoms with Gasteiger partial charge in [-0.2, -0.15) is 0 Å². The fraction of sp³-hybridized carbons (Fsp3) is 0.455. The molecule has 0 bridgehead atoms. The minimum absolute atomic E-state index is 0.0343. The minimum Gasteiger partial charge on any atom is -0.365 e. The molecule has 9 heteroatoms. The monoisotopic (exact) mass is 442 g/mol. The molecule has 0 aromatic carbocycles. The smallest absolute Gasteiger partial charge is 0.223 e. The van der Waals surface area contributed by atoms with Crippen LogP contribution < -0.4 is 10.6 Å². The van der Waals surface area contributed by atoms with Crippen molar-refractivity contribution in [2.75, 3.05) is 5.32 Å². The Hall–Kier alpha value is -2.74. The predicted octanol–water partition coefficient (Wildman–Crippen LogP) is 4.31. The molecule has 0 aliphatic heterocycles. The second-order valence-electron chi connectivity index (χ2n) is 8.68. The molecule has 0 radical (unpaired) electrons. The van der Waals surface area contributed by atoms with Crippen LogP contribution in [0, 0.1) is 17.7 Å². The Morgan fingerprint density at radius 2 is 2.03 bits per heavy atom. The van der Waals surface area contributed by atoms with E-state index >= 15 is 0 Å². The van der Waals surface area contributed by atoms with Crippen LogP contribution in [0.25, 0.3) is 22.4 Å². The predicted molar refractivity (Wildman–Crippen MR) is 117 cm³/mol. The molecule has 5 rings (SSSR count). The first kappa shape index (κ1) is 20.2. The highest BCUT2D eigenvalue weighted by Gasteiger charge is 2.40. The molecule has 31 heavy (non-hydrogen) atoms. The average Bonchev–Trinajstić information content (AvgIpc) is 3.34. The van der Waals surface area contributed by atoms with Crippen LogP contribution in [0.4, 0.5) is 10.2 Å². The summed E-state index contributed by atoms with van der Waals surface area (Å²) in [6.45, 7) is 2.10. The number of amides is 1. The quantitative estimate of drug-likeness (QED) is 0.547. The van der Waals surface area contributed by atoms with E-state index in [0.717, 1.165) is 37.5 Å². The standard InChI is InChI=1S/C22H24ClFN6O/c1-11-5-15(11)22(31)29-14-4-2-3-13(7-14)28-21-18(24)10-27-20(30-21)17-9-26-19-16(17)6-12(23)8-25-19/h6,8-11,13-15H,2-5,7H2,1H3,(H,25,26)(H,29,31)(H,27,28,30)/t11?,13-,14+,15?/m0/s1. The maximum absolute atomic E-state index is 14.5. The number of halogens is 2. The van der Waals surface area contributed by atoms with E-state index in [1.807, 2.05) is 0 Å². The molecule has 0 saturated heterocycles. The van der Waals surface area contributed by atoms with Crippen molar-refractivity contribution in [3.8, 4) is 11.4 Å². The van der Waals surface area contributed by atoms with Gasteiger partial charge in [0.25, 0.3) is 0 Å². The molecular weight excluding hydrogens is 419 g/mol. The number of fused-ring (bicyclic) bond motifs is 1. The Labute approximate surface area is 184 Å². The highest BCUT2D eigenvalue weighted by Crippen LogP contribution is 2.38. The van der Waals surface area contributed by atoms with Gasteiger partial charge >= 0.3 is 0 Å². The van der Waals surface area contributed by atoms with Gasteiger partial charge < -0.3 is 15.6 Å². The van der Waals surface area contributed by atoms with Gasteiger partial charge in [-0.15, -0.1) is 0 Å². The number of hydrogen-bond acceptors (Lipinski definition) is 5. The topological polar surface area (TPSA) is 95.6 Å². The molecule has 3 aromatic heterocycles. The second-order valence-corrected chi connectivity index (χ2v) is 9.11. The molecule has 2 aliphatic carbocycles. The molecule has 3 N–H and O–H groups in total. The third-order valence-corrected chi connectivity index (χ3v) is 6.50. The SMILES string of the molecule is CC1CC1C(=O)N[C@@H]1CCC[C@H](Nc2nc(-c3c[nH]c4ncc(Cl)cc34)ncc2F)C1. The highest BCUT2D eigenvalue weighted by atomic mass is 35.5. The van der Waals surface area contributed by atoms with E-state index in [1.54, 1.807) is 18.5 Å². The lowest BCUT2D eigenvalue weighted by molar-refractivity contribution is -0.123. The van der Waals surface area contributed by atoms with Crippen molar-refractivity contribution in [1.82, 2.24) is 25.3 Å². The number of anilines is 1. The summed E-state index contributed by atoms with van der Waals surface area (Å²) in [5, 5.41) is 7.69. The van der Waals surface area contributed by atoms with Crippen molar-refractivity contribution in [3.63, 3.8) is 0 Å². The van der Waals surface area contributed by atoms with Gasteiger partial charge in [0.2, 0.25) is 5.91 Å². The number of nitrogens with one attached hydrogen (secondary N) is 3. The molecule has 7 nitrogen and oxygen atoms in total. The van der Waals surface area contributed by atoms with Crippen LogP contribution in [0.3, 0.4) is 0 Å².